The molecule has 2 aliphatic heterocycles. The second-order valence-corrected chi connectivity index (χ2v) is 14.9. The molecule has 0 aromatic carbocycles. The highest BCUT2D eigenvalue weighted by Gasteiger charge is 2.47. The topological polar surface area (TPSA) is 231 Å². The van der Waals surface area contributed by atoms with Crippen molar-refractivity contribution in [2.24, 2.45) is 0 Å². The molecule has 15 heteroatoms. The van der Waals surface area contributed by atoms with E-state index in [2.05, 4.69) is 31.2 Å². The molecule has 56 heavy (non-hydrogen) atoms. The lowest BCUT2D eigenvalue weighted by Crippen LogP contribution is -2.61. The fourth-order valence-electron chi connectivity index (χ4n) is 6.50. The molecule has 0 saturated carbocycles. The van der Waals surface area contributed by atoms with Crippen LogP contribution in [0.4, 0.5) is 0 Å². The molecule has 0 bridgehead atoms. The van der Waals surface area contributed by atoms with E-state index < -0.39 is 99.3 Å². The van der Waals surface area contributed by atoms with Crippen LogP contribution in [0.3, 0.4) is 0 Å². The van der Waals surface area contributed by atoms with Gasteiger partial charge in [-0.1, -0.05) is 102 Å². The molecule has 0 aliphatic carbocycles. The van der Waals surface area contributed by atoms with E-state index in [1.807, 2.05) is 0 Å². The standard InChI is InChI=1S/C41H72O15/c1-3-4-5-6-7-8-9-10-11-12-13-14-15-16-17-18-19-20-21-22-23-24-33(44)54-30(26-51-29(2)43)27-52-40-39(50)37(48)35(46)32(56-40)28-53-41-38(49)36(47)34(45)31(25-42)55-41/h9-10,12-13,30-32,34-42,45-50H,3-8,11,14-28H2,1-2H3/b10-9-,13-12-. The molecule has 7 N–H and O–H groups in total. The number of hydrogen-bond acceptors (Lipinski definition) is 15. The average molecular weight is 805 g/mol. The van der Waals surface area contributed by atoms with Gasteiger partial charge in [-0.25, -0.2) is 0 Å². The predicted octanol–water partition coefficient (Wildman–Crippen LogP) is 3.26. The molecule has 0 radical (unpaired) electrons. The molecule has 2 saturated heterocycles. The van der Waals surface area contributed by atoms with E-state index in [1.165, 1.54) is 71.1 Å². The highest BCUT2D eigenvalue weighted by atomic mass is 16.7. The van der Waals surface area contributed by atoms with Gasteiger partial charge in [-0.2, -0.15) is 0 Å². The molecular weight excluding hydrogens is 732 g/mol. The summed E-state index contributed by atoms with van der Waals surface area (Å²) in [6.07, 6.45) is 12.0. The first kappa shape index (κ1) is 50.1. The Bertz CT molecular complexity index is 1090. The molecule has 0 aromatic rings. The molecule has 0 amide bonds. The van der Waals surface area contributed by atoms with Crippen LogP contribution < -0.4 is 0 Å². The molecular formula is C41H72O15. The lowest BCUT2D eigenvalue weighted by molar-refractivity contribution is -0.332. The second kappa shape index (κ2) is 30.1. The van der Waals surface area contributed by atoms with Crippen molar-refractivity contribution in [2.75, 3.05) is 26.4 Å². The molecule has 0 aromatic heterocycles. The van der Waals surface area contributed by atoms with E-state index in [0.29, 0.717) is 6.42 Å². The van der Waals surface area contributed by atoms with E-state index >= 15 is 0 Å². The third kappa shape index (κ3) is 20.1. The molecule has 2 heterocycles. The van der Waals surface area contributed by atoms with Crippen LogP contribution in [0.5, 0.6) is 0 Å². The second-order valence-electron chi connectivity index (χ2n) is 14.9. The predicted molar refractivity (Wildman–Crippen MR) is 206 cm³/mol. The molecule has 15 nitrogen and oxygen atoms in total. The third-order valence-electron chi connectivity index (χ3n) is 9.99. The van der Waals surface area contributed by atoms with Crippen molar-refractivity contribution >= 4 is 11.9 Å². The monoisotopic (exact) mass is 804 g/mol. The number of allylic oxidation sites excluding steroid dienone is 4. The summed E-state index contributed by atoms with van der Waals surface area (Å²) in [5, 5.41) is 71.0. The minimum absolute atomic E-state index is 0.157. The first-order valence-electron chi connectivity index (χ1n) is 20.9. The first-order chi connectivity index (χ1) is 27.0. The van der Waals surface area contributed by atoms with Gasteiger partial charge in [-0.05, 0) is 38.5 Å². The van der Waals surface area contributed by atoms with Crippen LogP contribution in [0.25, 0.3) is 0 Å². The van der Waals surface area contributed by atoms with Crippen LogP contribution in [0.1, 0.15) is 129 Å². The van der Waals surface area contributed by atoms with Gasteiger partial charge >= 0.3 is 11.9 Å². The molecule has 11 unspecified atom stereocenters. The summed E-state index contributed by atoms with van der Waals surface area (Å²) in [5.41, 5.74) is 0. The van der Waals surface area contributed by atoms with Gasteiger partial charge in [-0.3, -0.25) is 9.59 Å². The number of aliphatic hydroxyl groups excluding tert-OH is 7. The highest BCUT2D eigenvalue weighted by Crippen LogP contribution is 2.26. The number of carbonyl (C=O) groups is 2. The van der Waals surface area contributed by atoms with Gasteiger partial charge in [-0.15, -0.1) is 0 Å². The SMILES string of the molecule is CCCCCCC/C=C\C/C=C\CCCCCCCCCCCC(=O)OC(COC(C)=O)COC1OC(COC2OC(CO)C(O)C(O)C2O)C(O)C(O)C1O. The zero-order valence-electron chi connectivity index (χ0n) is 33.6. The fourth-order valence-corrected chi connectivity index (χ4v) is 6.50. The fraction of sp³-hybridized carbons (Fsp3) is 0.854. The number of unbranched alkanes of at least 4 members (excludes halogenated alkanes) is 14. The first-order valence-corrected chi connectivity index (χ1v) is 20.9. The quantitative estimate of drug-likeness (QED) is 0.0314. The number of rotatable bonds is 30. The van der Waals surface area contributed by atoms with Crippen molar-refractivity contribution < 1.29 is 73.8 Å². The number of aliphatic hydroxyl groups is 7. The zero-order valence-corrected chi connectivity index (χ0v) is 33.6. The number of carbonyl (C=O) groups excluding carboxylic acids is 2. The Hall–Kier alpha value is -2.02. The maximum Gasteiger partial charge on any atom is 0.306 e. The summed E-state index contributed by atoms with van der Waals surface area (Å²) in [5.74, 6) is -1.12. The van der Waals surface area contributed by atoms with Crippen LogP contribution in [-0.4, -0.2) is 142 Å². The summed E-state index contributed by atoms with van der Waals surface area (Å²) in [6, 6.07) is 0. The summed E-state index contributed by atoms with van der Waals surface area (Å²) < 4.78 is 32.4. The van der Waals surface area contributed by atoms with Crippen LogP contribution >= 0.6 is 0 Å². The number of esters is 2. The van der Waals surface area contributed by atoms with Crippen LogP contribution in [0.2, 0.25) is 0 Å². The van der Waals surface area contributed by atoms with Crippen molar-refractivity contribution in [1.82, 2.24) is 0 Å². The molecule has 2 fully saturated rings. The Labute approximate surface area is 333 Å². The summed E-state index contributed by atoms with van der Waals surface area (Å²) in [6.45, 7) is 1.51. The van der Waals surface area contributed by atoms with Gasteiger partial charge < -0.3 is 64.2 Å². The number of ether oxygens (including phenoxy) is 6. The minimum atomic E-state index is -1.76. The van der Waals surface area contributed by atoms with Gasteiger partial charge in [0.2, 0.25) is 0 Å². The lowest BCUT2D eigenvalue weighted by atomic mass is 9.98. The molecule has 0 spiro atoms. The van der Waals surface area contributed by atoms with Gasteiger partial charge in [0.15, 0.2) is 18.7 Å². The van der Waals surface area contributed by atoms with Gasteiger partial charge in [0.25, 0.3) is 0 Å². The van der Waals surface area contributed by atoms with Gasteiger partial charge in [0.05, 0.1) is 19.8 Å². The van der Waals surface area contributed by atoms with Crippen molar-refractivity contribution in [3.63, 3.8) is 0 Å². The summed E-state index contributed by atoms with van der Waals surface area (Å²) in [4.78, 5) is 24.1. The molecule has 2 aliphatic rings. The molecule has 326 valence electrons. The van der Waals surface area contributed by atoms with Crippen molar-refractivity contribution in [1.29, 1.82) is 0 Å². The molecule has 2 rings (SSSR count). The Kier molecular flexibility index (Phi) is 26.9. The van der Waals surface area contributed by atoms with Gasteiger partial charge in [0.1, 0.15) is 55.4 Å². The van der Waals surface area contributed by atoms with Crippen molar-refractivity contribution in [3.8, 4) is 0 Å². The third-order valence-corrected chi connectivity index (χ3v) is 9.99. The maximum atomic E-state index is 12.6. The van der Waals surface area contributed by atoms with E-state index in [-0.39, 0.29) is 13.0 Å². The minimum Gasteiger partial charge on any atom is -0.462 e. The smallest absolute Gasteiger partial charge is 0.306 e. The van der Waals surface area contributed by atoms with Gasteiger partial charge in [0, 0.05) is 13.3 Å². The largest absolute Gasteiger partial charge is 0.462 e. The summed E-state index contributed by atoms with van der Waals surface area (Å²) in [7, 11) is 0. The molecule has 11 atom stereocenters. The van der Waals surface area contributed by atoms with E-state index in [0.717, 1.165) is 38.5 Å². The Morgan fingerprint density at radius 3 is 1.66 bits per heavy atom. The maximum absolute atomic E-state index is 12.6. The van der Waals surface area contributed by atoms with Crippen molar-refractivity contribution in [2.45, 2.75) is 197 Å². The van der Waals surface area contributed by atoms with E-state index in [9.17, 15) is 45.3 Å². The Balaban J connectivity index is 1.63. The summed E-state index contributed by atoms with van der Waals surface area (Å²) >= 11 is 0. The van der Waals surface area contributed by atoms with Crippen molar-refractivity contribution in [3.05, 3.63) is 24.3 Å². The van der Waals surface area contributed by atoms with E-state index in [1.54, 1.807) is 0 Å². The van der Waals surface area contributed by atoms with E-state index in [4.69, 9.17) is 28.4 Å². The highest BCUT2D eigenvalue weighted by molar-refractivity contribution is 5.69. The Morgan fingerprint density at radius 2 is 1.11 bits per heavy atom. The van der Waals surface area contributed by atoms with Crippen LogP contribution in [-0.2, 0) is 38.0 Å². The zero-order chi connectivity index (χ0) is 41.1. The average Bonchev–Trinajstić information content (AvgIpc) is 3.18. The Morgan fingerprint density at radius 1 is 0.607 bits per heavy atom. The number of hydrogen-bond donors (Lipinski definition) is 7. The lowest BCUT2D eigenvalue weighted by Gasteiger charge is -2.42. The van der Waals surface area contributed by atoms with Crippen LogP contribution in [0, 0.1) is 0 Å². The normalized spacial score (nSPS) is 28.9. The van der Waals surface area contributed by atoms with Crippen LogP contribution in [0.15, 0.2) is 24.3 Å².